The van der Waals surface area contributed by atoms with Crippen LogP contribution in [0.1, 0.15) is 12.1 Å². The third-order valence-electron chi connectivity index (χ3n) is 3.63. The molecule has 1 aliphatic rings. The van der Waals surface area contributed by atoms with Gasteiger partial charge in [0.1, 0.15) is 5.01 Å². The second kappa shape index (κ2) is 7.50. The first kappa shape index (κ1) is 18.5. The van der Waals surface area contributed by atoms with Crippen LogP contribution in [0.15, 0.2) is 23.6 Å². The Morgan fingerprint density at radius 2 is 2.12 bits per heavy atom. The highest BCUT2D eigenvalue weighted by molar-refractivity contribution is 7.13. The Morgan fingerprint density at radius 3 is 2.88 bits per heavy atom. The molecule has 0 saturated heterocycles. The SMILES string of the molecule is O=C(Cc1csc(-c2ccc3c(c2)OCO3)n1)NCC[C@H](O)C(F)(F)F. The number of alkyl halides is 3. The Balaban J connectivity index is 1.53. The third-order valence-corrected chi connectivity index (χ3v) is 4.57. The van der Waals surface area contributed by atoms with Crippen LogP contribution in [0.25, 0.3) is 10.6 Å². The van der Waals surface area contributed by atoms with Gasteiger partial charge < -0.3 is 19.9 Å². The smallest absolute Gasteiger partial charge is 0.414 e. The lowest BCUT2D eigenvalue weighted by atomic mass is 10.2. The summed E-state index contributed by atoms with van der Waals surface area (Å²) in [5.74, 6) is 0.827. The van der Waals surface area contributed by atoms with Crippen LogP contribution in [-0.2, 0) is 11.2 Å². The van der Waals surface area contributed by atoms with E-state index in [4.69, 9.17) is 14.6 Å². The van der Waals surface area contributed by atoms with Crippen LogP contribution < -0.4 is 14.8 Å². The van der Waals surface area contributed by atoms with Gasteiger partial charge in [-0.3, -0.25) is 4.79 Å². The van der Waals surface area contributed by atoms with Crippen molar-refractivity contribution in [1.29, 1.82) is 0 Å². The lowest BCUT2D eigenvalue weighted by molar-refractivity contribution is -0.205. The summed E-state index contributed by atoms with van der Waals surface area (Å²) in [5.41, 5.74) is 1.33. The molecule has 0 fully saturated rings. The Hall–Kier alpha value is -2.33. The van der Waals surface area contributed by atoms with E-state index in [-0.39, 0.29) is 19.8 Å². The molecular formula is C16H15F3N2O4S. The van der Waals surface area contributed by atoms with E-state index in [2.05, 4.69) is 10.3 Å². The summed E-state index contributed by atoms with van der Waals surface area (Å²) in [7, 11) is 0. The summed E-state index contributed by atoms with van der Waals surface area (Å²) in [6.07, 6.45) is -7.77. The molecule has 1 aliphatic heterocycles. The molecule has 1 amide bonds. The van der Waals surface area contributed by atoms with E-state index in [1.165, 1.54) is 11.3 Å². The number of thiazole rings is 1. The predicted molar refractivity (Wildman–Crippen MR) is 87.1 cm³/mol. The Kier molecular flexibility index (Phi) is 5.33. The van der Waals surface area contributed by atoms with Crippen LogP contribution in [-0.4, -0.2) is 41.6 Å². The molecule has 1 atom stereocenters. The molecule has 0 unspecified atom stereocenters. The zero-order valence-corrected chi connectivity index (χ0v) is 14.2. The van der Waals surface area contributed by atoms with E-state index in [1.807, 2.05) is 6.07 Å². The molecule has 2 aromatic rings. The number of halogens is 3. The zero-order valence-electron chi connectivity index (χ0n) is 13.4. The summed E-state index contributed by atoms with van der Waals surface area (Å²) in [4.78, 5) is 16.2. The van der Waals surface area contributed by atoms with Gasteiger partial charge in [-0.15, -0.1) is 11.3 Å². The van der Waals surface area contributed by atoms with Crippen LogP contribution in [0.3, 0.4) is 0 Å². The van der Waals surface area contributed by atoms with E-state index in [9.17, 15) is 18.0 Å². The number of carbonyl (C=O) groups is 1. The van der Waals surface area contributed by atoms with Crippen LogP contribution in [0, 0.1) is 0 Å². The highest BCUT2D eigenvalue weighted by Crippen LogP contribution is 2.36. The van der Waals surface area contributed by atoms with Gasteiger partial charge in [-0.05, 0) is 24.6 Å². The molecule has 10 heteroatoms. The molecule has 6 nitrogen and oxygen atoms in total. The van der Waals surface area contributed by atoms with Crippen molar-refractivity contribution in [2.24, 2.45) is 0 Å². The Labute approximate surface area is 150 Å². The molecule has 0 spiro atoms. The van der Waals surface area contributed by atoms with Crippen LogP contribution in [0.4, 0.5) is 13.2 Å². The van der Waals surface area contributed by atoms with Gasteiger partial charge in [0.15, 0.2) is 17.6 Å². The monoisotopic (exact) mass is 388 g/mol. The summed E-state index contributed by atoms with van der Waals surface area (Å²) in [5, 5.41) is 13.6. The number of benzene rings is 1. The molecule has 26 heavy (non-hydrogen) atoms. The van der Waals surface area contributed by atoms with Crippen molar-refractivity contribution in [3.8, 4) is 22.1 Å². The molecule has 0 aliphatic carbocycles. The van der Waals surface area contributed by atoms with Crippen molar-refractivity contribution >= 4 is 17.2 Å². The standard InChI is InChI=1S/C16H15F3N2O4S/c17-16(18,19)13(22)3-4-20-14(23)6-10-7-26-15(21-10)9-1-2-11-12(5-9)25-8-24-11/h1-2,5,7,13,22H,3-4,6,8H2,(H,20,23)/t13-/m0/s1. The fourth-order valence-electron chi connectivity index (χ4n) is 2.29. The van der Waals surface area contributed by atoms with Crippen molar-refractivity contribution in [3.63, 3.8) is 0 Å². The second-order valence-corrected chi connectivity index (χ2v) is 6.44. The maximum absolute atomic E-state index is 12.2. The molecule has 140 valence electrons. The zero-order chi connectivity index (χ0) is 18.7. The van der Waals surface area contributed by atoms with Gasteiger partial charge in [0, 0.05) is 17.5 Å². The number of aliphatic hydroxyl groups is 1. The molecule has 1 aromatic heterocycles. The Bertz CT molecular complexity index is 794. The largest absolute Gasteiger partial charge is 0.454 e. The van der Waals surface area contributed by atoms with Crippen LogP contribution in [0.5, 0.6) is 11.5 Å². The van der Waals surface area contributed by atoms with Gasteiger partial charge in [-0.2, -0.15) is 13.2 Å². The fraction of sp³-hybridized carbons (Fsp3) is 0.375. The van der Waals surface area contributed by atoms with Crippen molar-refractivity contribution in [3.05, 3.63) is 29.3 Å². The number of rotatable bonds is 6. The van der Waals surface area contributed by atoms with E-state index in [1.54, 1.807) is 17.5 Å². The molecule has 2 heterocycles. The fourth-order valence-corrected chi connectivity index (χ4v) is 3.11. The van der Waals surface area contributed by atoms with Gasteiger partial charge >= 0.3 is 6.18 Å². The molecule has 0 saturated carbocycles. The average molecular weight is 388 g/mol. The topological polar surface area (TPSA) is 80.7 Å². The average Bonchev–Trinajstić information content (AvgIpc) is 3.21. The predicted octanol–water partition coefficient (Wildman–Crippen LogP) is 2.51. The van der Waals surface area contributed by atoms with Crippen molar-refractivity contribution in [1.82, 2.24) is 10.3 Å². The first-order valence-corrected chi connectivity index (χ1v) is 8.57. The minimum absolute atomic E-state index is 0.0524. The summed E-state index contributed by atoms with van der Waals surface area (Å²) in [6.45, 7) is -0.0935. The lowest BCUT2D eigenvalue weighted by Gasteiger charge is -2.14. The number of hydrogen-bond acceptors (Lipinski definition) is 6. The highest BCUT2D eigenvalue weighted by atomic mass is 32.1. The summed E-state index contributed by atoms with van der Waals surface area (Å²) < 4.78 is 47.1. The molecular weight excluding hydrogens is 373 g/mol. The number of hydrogen-bond donors (Lipinski definition) is 2. The van der Waals surface area contributed by atoms with Crippen LogP contribution >= 0.6 is 11.3 Å². The van der Waals surface area contributed by atoms with E-state index in [0.29, 0.717) is 22.2 Å². The van der Waals surface area contributed by atoms with Crippen molar-refractivity contribution in [2.45, 2.75) is 25.1 Å². The minimum atomic E-state index is -4.68. The van der Waals surface area contributed by atoms with Crippen molar-refractivity contribution in [2.75, 3.05) is 13.3 Å². The van der Waals surface area contributed by atoms with E-state index in [0.717, 1.165) is 5.56 Å². The normalized spacial score (nSPS) is 14.3. The summed E-state index contributed by atoms with van der Waals surface area (Å²) >= 11 is 1.35. The summed E-state index contributed by atoms with van der Waals surface area (Å²) in [6, 6.07) is 5.40. The van der Waals surface area contributed by atoms with Crippen molar-refractivity contribution < 1.29 is 32.5 Å². The lowest BCUT2D eigenvalue weighted by Crippen LogP contribution is -2.34. The maximum Gasteiger partial charge on any atom is 0.414 e. The number of nitrogens with one attached hydrogen (secondary N) is 1. The van der Waals surface area contributed by atoms with Gasteiger partial charge in [-0.1, -0.05) is 0 Å². The number of fused-ring (bicyclic) bond motifs is 1. The number of carbonyl (C=O) groups excluding carboxylic acids is 1. The Morgan fingerprint density at radius 1 is 1.35 bits per heavy atom. The quantitative estimate of drug-likeness (QED) is 0.795. The van der Waals surface area contributed by atoms with E-state index < -0.39 is 24.6 Å². The molecule has 1 aromatic carbocycles. The minimum Gasteiger partial charge on any atom is -0.454 e. The van der Waals surface area contributed by atoms with Gasteiger partial charge in [-0.25, -0.2) is 4.98 Å². The highest BCUT2D eigenvalue weighted by Gasteiger charge is 2.37. The first-order valence-electron chi connectivity index (χ1n) is 7.69. The number of aliphatic hydroxyl groups excluding tert-OH is 1. The first-order chi connectivity index (χ1) is 12.3. The van der Waals surface area contributed by atoms with Crippen LogP contribution in [0.2, 0.25) is 0 Å². The van der Waals surface area contributed by atoms with Gasteiger partial charge in [0.05, 0.1) is 12.1 Å². The molecule has 0 bridgehead atoms. The van der Waals surface area contributed by atoms with Gasteiger partial charge in [0.2, 0.25) is 12.7 Å². The molecule has 0 radical (unpaired) electrons. The number of aromatic nitrogens is 1. The van der Waals surface area contributed by atoms with E-state index >= 15 is 0 Å². The number of amides is 1. The third kappa shape index (κ3) is 4.44. The number of ether oxygens (including phenoxy) is 2. The maximum atomic E-state index is 12.2. The molecule has 3 rings (SSSR count). The second-order valence-electron chi connectivity index (χ2n) is 5.58. The number of nitrogens with zero attached hydrogens (tertiary/aromatic N) is 1. The van der Waals surface area contributed by atoms with Gasteiger partial charge in [0.25, 0.3) is 0 Å². The molecule has 2 N–H and O–H groups in total.